The van der Waals surface area contributed by atoms with Gasteiger partial charge in [0, 0.05) is 48.0 Å². The molecule has 1 aromatic carbocycles. The summed E-state index contributed by atoms with van der Waals surface area (Å²) in [5, 5.41) is 15.3. The quantitative estimate of drug-likeness (QED) is 0.376. The van der Waals surface area contributed by atoms with Gasteiger partial charge in [-0.05, 0) is 12.1 Å². The van der Waals surface area contributed by atoms with Gasteiger partial charge in [-0.15, -0.1) is 0 Å². The number of hydrogen-bond acceptors (Lipinski definition) is 8. The molecule has 33 heavy (non-hydrogen) atoms. The normalized spacial score (nSPS) is 14.2. The SMILES string of the molecule is O=C(c1cnc(Nc2ncc(-c3ccc4c(O)[nH]cc4c3)n3ccnc23)s1)N1CCOCC1. The van der Waals surface area contributed by atoms with Crippen molar-refractivity contribution in [1.82, 2.24) is 29.2 Å². The fourth-order valence-corrected chi connectivity index (χ4v) is 4.74. The Labute approximate surface area is 191 Å². The summed E-state index contributed by atoms with van der Waals surface area (Å²) in [6.07, 6.45) is 8.69. The lowest BCUT2D eigenvalue weighted by Crippen LogP contribution is -2.40. The molecule has 0 bridgehead atoms. The van der Waals surface area contributed by atoms with Crippen LogP contribution < -0.4 is 5.32 Å². The number of carbonyl (C=O) groups is 1. The minimum Gasteiger partial charge on any atom is -0.494 e. The molecule has 1 aliphatic heterocycles. The number of imidazole rings is 1. The maximum atomic E-state index is 12.7. The number of carbonyl (C=O) groups excluding carboxylic acids is 1. The summed E-state index contributed by atoms with van der Waals surface area (Å²) < 4.78 is 7.26. The van der Waals surface area contributed by atoms with Crippen LogP contribution in [0.4, 0.5) is 10.9 Å². The molecule has 3 N–H and O–H groups in total. The number of H-pyrrole nitrogens is 1. The van der Waals surface area contributed by atoms with Crippen LogP contribution in [0, 0.1) is 0 Å². The van der Waals surface area contributed by atoms with Gasteiger partial charge in [0.2, 0.25) is 0 Å². The van der Waals surface area contributed by atoms with E-state index in [9.17, 15) is 9.90 Å². The molecule has 10 nitrogen and oxygen atoms in total. The maximum absolute atomic E-state index is 12.7. The van der Waals surface area contributed by atoms with Gasteiger partial charge in [0.1, 0.15) is 4.88 Å². The van der Waals surface area contributed by atoms with Crippen LogP contribution >= 0.6 is 11.3 Å². The first kappa shape index (κ1) is 19.7. The first-order valence-electron chi connectivity index (χ1n) is 10.4. The van der Waals surface area contributed by atoms with Crippen molar-refractivity contribution in [2.45, 2.75) is 0 Å². The smallest absolute Gasteiger partial charge is 0.265 e. The number of hydrogen-bond donors (Lipinski definition) is 3. The fourth-order valence-electron chi connectivity index (χ4n) is 3.96. The Morgan fingerprint density at radius 3 is 2.94 bits per heavy atom. The minimum atomic E-state index is -0.0377. The van der Waals surface area contributed by atoms with Gasteiger partial charge in [-0.3, -0.25) is 9.20 Å². The second-order valence-corrected chi connectivity index (χ2v) is 8.64. The molecule has 0 spiro atoms. The number of rotatable bonds is 4. The predicted octanol–water partition coefficient (Wildman–Crippen LogP) is 3.26. The Morgan fingerprint density at radius 2 is 2.06 bits per heavy atom. The van der Waals surface area contributed by atoms with Gasteiger partial charge in [0.15, 0.2) is 22.5 Å². The van der Waals surface area contributed by atoms with Gasteiger partial charge < -0.3 is 25.0 Å². The van der Waals surface area contributed by atoms with Crippen molar-refractivity contribution in [3.63, 3.8) is 0 Å². The van der Waals surface area contributed by atoms with Gasteiger partial charge >= 0.3 is 0 Å². The highest BCUT2D eigenvalue weighted by Gasteiger charge is 2.21. The molecule has 166 valence electrons. The van der Waals surface area contributed by atoms with Gasteiger partial charge in [-0.2, -0.15) is 0 Å². The largest absolute Gasteiger partial charge is 0.494 e. The van der Waals surface area contributed by atoms with Crippen LogP contribution in [0.25, 0.3) is 27.7 Å². The van der Waals surface area contributed by atoms with Gasteiger partial charge in [0.25, 0.3) is 5.91 Å². The number of aromatic hydroxyl groups is 1. The van der Waals surface area contributed by atoms with Crippen LogP contribution in [0.3, 0.4) is 0 Å². The molecule has 11 heteroatoms. The second kappa shape index (κ2) is 7.87. The Balaban J connectivity index is 1.29. The van der Waals surface area contributed by atoms with Crippen molar-refractivity contribution in [3.8, 4) is 17.1 Å². The summed E-state index contributed by atoms with van der Waals surface area (Å²) in [6, 6.07) is 5.79. The molecule has 5 aromatic rings. The van der Waals surface area contributed by atoms with E-state index >= 15 is 0 Å². The molecule has 0 aliphatic carbocycles. The fraction of sp³-hybridized carbons (Fsp3) is 0.182. The van der Waals surface area contributed by atoms with E-state index in [1.54, 1.807) is 29.7 Å². The average molecular weight is 462 g/mol. The number of morpholine rings is 1. The molecule has 0 unspecified atom stereocenters. The summed E-state index contributed by atoms with van der Waals surface area (Å²) in [6.45, 7) is 2.29. The zero-order valence-corrected chi connectivity index (χ0v) is 18.2. The molecular weight excluding hydrogens is 442 g/mol. The van der Waals surface area contributed by atoms with Crippen LogP contribution in [-0.4, -0.2) is 66.6 Å². The Hall–Kier alpha value is -3.96. The molecule has 5 heterocycles. The van der Waals surface area contributed by atoms with Crippen LogP contribution in [0.2, 0.25) is 0 Å². The maximum Gasteiger partial charge on any atom is 0.265 e. The zero-order valence-electron chi connectivity index (χ0n) is 17.4. The van der Waals surface area contributed by atoms with E-state index in [1.165, 1.54) is 11.3 Å². The number of fused-ring (bicyclic) bond motifs is 2. The van der Waals surface area contributed by atoms with Crippen molar-refractivity contribution in [2.24, 2.45) is 0 Å². The van der Waals surface area contributed by atoms with Gasteiger partial charge in [0.05, 0.1) is 31.3 Å². The monoisotopic (exact) mass is 461 g/mol. The molecule has 1 fully saturated rings. The van der Waals surface area contributed by atoms with Crippen molar-refractivity contribution in [2.75, 3.05) is 31.6 Å². The van der Waals surface area contributed by atoms with Gasteiger partial charge in [-0.1, -0.05) is 17.4 Å². The molecule has 1 saturated heterocycles. The number of nitrogens with one attached hydrogen (secondary N) is 2. The third-order valence-corrected chi connectivity index (χ3v) is 6.54. The number of aromatic nitrogens is 5. The molecule has 0 saturated carbocycles. The number of aromatic amines is 1. The van der Waals surface area contributed by atoms with E-state index in [0.29, 0.717) is 47.8 Å². The van der Waals surface area contributed by atoms with Crippen molar-refractivity contribution in [3.05, 3.63) is 54.1 Å². The van der Waals surface area contributed by atoms with E-state index in [4.69, 9.17) is 4.74 Å². The lowest BCUT2D eigenvalue weighted by Gasteiger charge is -2.26. The lowest BCUT2D eigenvalue weighted by atomic mass is 10.1. The third kappa shape index (κ3) is 3.47. The molecular formula is C22H19N7O3S. The van der Waals surface area contributed by atoms with Gasteiger partial charge in [-0.25, -0.2) is 15.0 Å². The average Bonchev–Trinajstić information content (AvgIpc) is 3.60. The van der Waals surface area contributed by atoms with Crippen molar-refractivity contribution >= 4 is 44.6 Å². The number of nitrogens with zero attached hydrogens (tertiary/aromatic N) is 5. The number of thiazole rings is 1. The van der Waals surface area contributed by atoms with E-state index in [2.05, 4.69) is 25.3 Å². The lowest BCUT2D eigenvalue weighted by molar-refractivity contribution is 0.0306. The van der Waals surface area contributed by atoms with Crippen LogP contribution in [0.5, 0.6) is 5.88 Å². The number of anilines is 2. The highest BCUT2D eigenvalue weighted by Crippen LogP contribution is 2.31. The first-order chi connectivity index (χ1) is 16.2. The summed E-state index contributed by atoms with van der Waals surface area (Å²) >= 11 is 1.29. The topological polar surface area (TPSA) is 121 Å². The van der Waals surface area contributed by atoms with E-state index in [1.807, 2.05) is 28.8 Å². The second-order valence-electron chi connectivity index (χ2n) is 7.61. The van der Waals surface area contributed by atoms with Crippen molar-refractivity contribution in [1.29, 1.82) is 0 Å². The molecule has 1 amide bonds. The summed E-state index contributed by atoms with van der Waals surface area (Å²) in [5.74, 6) is 0.657. The van der Waals surface area contributed by atoms with Crippen LogP contribution in [0.1, 0.15) is 9.67 Å². The van der Waals surface area contributed by atoms with Crippen LogP contribution in [0.15, 0.2) is 49.2 Å². The Morgan fingerprint density at radius 1 is 1.18 bits per heavy atom. The summed E-state index contributed by atoms with van der Waals surface area (Å²) in [4.78, 5) is 31.3. The van der Waals surface area contributed by atoms with E-state index < -0.39 is 0 Å². The molecule has 0 atom stereocenters. The highest BCUT2D eigenvalue weighted by molar-refractivity contribution is 7.17. The minimum absolute atomic E-state index is 0.0377. The Bertz CT molecular complexity index is 1480. The first-order valence-corrected chi connectivity index (χ1v) is 11.2. The number of benzene rings is 1. The standard InChI is InChI=1S/C22H19N7O3S/c30-20-15-2-1-13(9-14(15)10-25-20)16-11-24-18(19-23-3-4-29(16)19)27-22-26-12-17(33-22)21(31)28-5-7-32-8-6-28/h1-4,9-12,25,30H,5-8H2,(H,24,26,27). The van der Waals surface area contributed by atoms with Crippen LogP contribution in [-0.2, 0) is 4.74 Å². The molecule has 6 rings (SSSR count). The van der Waals surface area contributed by atoms with E-state index in [-0.39, 0.29) is 11.8 Å². The summed E-state index contributed by atoms with van der Waals surface area (Å²) in [7, 11) is 0. The number of ether oxygens (including phenoxy) is 1. The summed E-state index contributed by atoms with van der Waals surface area (Å²) in [5.41, 5.74) is 2.44. The zero-order chi connectivity index (χ0) is 22.4. The number of amides is 1. The van der Waals surface area contributed by atoms with Crippen molar-refractivity contribution < 1.29 is 14.6 Å². The molecule has 4 aromatic heterocycles. The van der Waals surface area contributed by atoms with E-state index in [0.717, 1.165) is 22.0 Å². The molecule has 0 radical (unpaired) electrons. The molecule has 1 aliphatic rings. The highest BCUT2D eigenvalue weighted by atomic mass is 32.1. The Kier molecular flexibility index (Phi) is 4.70. The third-order valence-electron chi connectivity index (χ3n) is 5.63. The predicted molar refractivity (Wildman–Crippen MR) is 124 cm³/mol.